The fraction of sp³-hybridized carbons (Fsp3) is 0.357. The van der Waals surface area contributed by atoms with E-state index >= 15 is 0 Å². The summed E-state index contributed by atoms with van der Waals surface area (Å²) in [4.78, 5) is 2.33. The minimum Gasteiger partial charge on any atom is -0.491 e. The van der Waals surface area contributed by atoms with Gasteiger partial charge in [-0.1, -0.05) is 30.3 Å². The summed E-state index contributed by atoms with van der Waals surface area (Å²) in [5.74, 6) is 3.04. The van der Waals surface area contributed by atoms with Gasteiger partial charge in [-0.15, -0.1) is 24.8 Å². The van der Waals surface area contributed by atoms with Crippen LogP contribution in [0.4, 0.5) is 5.69 Å². The largest absolute Gasteiger partial charge is 0.491 e. The second-order valence-corrected chi connectivity index (χ2v) is 8.93. The van der Waals surface area contributed by atoms with Crippen molar-refractivity contribution in [1.29, 1.82) is 0 Å². The van der Waals surface area contributed by atoms with Crippen molar-refractivity contribution in [3.63, 3.8) is 0 Å². The number of hydrogen-bond acceptors (Lipinski definition) is 5. The van der Waals surface area contributed by atoms with Gasteiger partial charge in [-0.3, -0.25) is 0 Å². The van der Waals surface area contributed by atoms with Gasteiger partial charge in [-0.05, 0) is 98.8 Å². The number of halogens is 2. The van der Waals surface area contributed by atoms with Gasteiger partial charge in [0.2, 0.25) is 0 Å². The Morgan fingerprint density at radius 3 is 2.17 bits per heavy atom. The standard InChI is InChI=1S/C28H34N2O3.2ClH/c1-20-21(2)28(13-12-27(20)29)32-19-24(31)18-30-16-14-23(15-17-30)22-8-10-26(11-9-22)33-25-6-4-3-5-7-25;;/h3-13,23-24,31H,14-19,29H2,1-2H3;2*1H/t24-;;/m0../s1. The molecule has 190 valence electrons. The lowest BCUT2D eigenvalue weighted by molar-refractivity contribution is 0.0592. The highest BCUT2D eigenvalue weighted by atomic mass is 35.5. The van der Waals surface area contributed by atoms with Crippen LogP contribution in [0.15, 0.2) is 66.7 Å². The number of anilines is 1. The molecule has 7 heteroatoms. The van der Waals surface area contributed by atoms with Crippen LogP contribution in [0.1, 0.15) is 35.4 Å². The van der Waals surface area contributed by atoms with Crippen LogP contribution in [-0.4, -0.2) is 42.4 Å². The quantitative estimate of drug-likeness (QED) is 0.350. The Bertz CT molecular complexity index is 1040. The van der Waals surface area contributed by atoms with E-state index in [0.717, 1.165) is 60.0 Å². The number of rotatable bonds is 8. The monoisotopic (exact) mass is 518 g/mol. The molecular formula is C28H36Cl2N2O3. The van der Waals surface area contributed by atoms with Crippen LogP contribution in [0.2, 0.25) is 0 Å². The Hall–Kier alpha value is -2.44. The van der Waals surface area contributed by atoms with Crippen LogP contribution >= 0.6 is 24.8 Å². The van der Waals surface area contributed by atoms with Crippen LogP contribution in [0, 0.1) is 13.8 Å². The zero-order valence-electron chi connectivity index (χ0n) is 20.4. The molecule has 1 saturated heterocycles. The van der Waals surface area contributed by atoms with E-state index in [4.69, 9.17) is 15.2 Å². The average Bonchev–Trinajstić information content (AvgIpc) is 2.84. The predicted molar refractivity (Wildman–Crippen MR) is 148 cm³/mol. The molecule has 35 heavy (non-hydrogen) atoms. The zero-order chi connectivity index (χ0) is 23.2. The first-order valence-electron chi connectivity index (χ1n) is 11.7. The normalized spacial score (nSPS) is 14.9. The van der Waals surface area contributed by atoms with Crippen molar-refractivity contribution in [1.82, 2.24) is 4.90 Å². The molecule has 0 saturated carbocycles. The summed E-state index contributed by atoms with van der Waals surface area (Å²) in [7, 11) is 0. The highest BCUT2D eigenvalue weighted by molar-refractivity contribution is 5.85. The Balaban J connectivity index is 0.00000216. The van der Waals surface area contributed by atoms with Crippen LogP contribution in [0.25, 0.3) is 0 Å². The summed E-state index contributed by atoms with van der Waals surface area (Å²) < 4.78 is 11.8. The molecule has 1 aliphatic heterocycles. The first kappa shape index (κ1) is 28.8. The van der Waals surface area contributed by atoms with Gasteiger partial charge in [-0.2, -0.15) is 0 Å². The minimum absolute atomic E-state index is 0. The molecule has 0 spiro atoms. The Morgan fingerprint density at radius 1 is 0.886 bits per heavy atom. The number of nitrogens with two attached hydrogens (primary N) is 1. The molecule has 0 aromatic heterocycles. The summed E-state index contributed by atoms with van der Waals surface area (Å²) in [6.07, 6.45) is 1.65. The van der Waals surface area contributed by atoms with Crippen LogP contribution in [-0.2, 0) is 0 Å². The number of hydrogen-bond donors (Lipinski definition) is 2. The molecule has 0 radical (unpaired) electrons. The lowest BCUT2D eigenvalue weighted by Gasteiger charge is -2.33. The second kappa shape index (κ2) is 13.6. The van der Waals surface area contributed by atoms with Crippen LogP contribution < -0.4 is 15.2 Å². The molecule has 3 N–H and O–H groups in total. The fourth-order valence-corrected chi connectivity index (χ4v) is 4.39. The zero-order valence-corrected chi connectivity index (χ0v) is 22.0. The number of nitrogens with zero attached hydrogens (tertiary/aromatic N) is 1. The average molecular weight is 520 g/mol. The molecule has 0 bridgehead atoms. The van der Waals surface area contributed by atoms with Crippen molar-refractivity contribution in [2.24, 2.45) is 0 Å². The molecule has 4 rings (SSSR count). The summed E-state index contributed by atoms with van der Waals surface area (Å²) >= 11 is 0. The Labute approximate surface area is 221 Å². The van der Waals surface area contributed by atoms with Gasteiger partial charge >= 0.3 is 0 Å². The maximum Gasteiger partial charge on any atom is 0.127 e. The van der Waals surface area contributed by atoms with E-state index in [-0.39, 0.29) is 31.4 Å². The molecular weight excluding hydrogens is 483 g/mol. The number of para-hydroxylation sites is 1. The van der Waals surface area contributed by atoms with E-state index in [1.807, 2.05) is 56.3 Å². The van der Waals surface area contributed by atoms with Crippen molar-refractivity contribution in [2.45, 2.75) is 38.7 Å². The van der Waals surface area contributed by atoms with Gasteiger partial charge in [0.15, 0.2) is 0 Å². The number of aliphatic hydroxyl groups excluding tert-OH is 1. The SMILES string of the molecule is Cc1c(N)ccc(OC[C@@H](O)CN2CCC(c3ccc(Oc4ccccc4)cc3)CC2)c1C.Cl.Cl. The summed E-state index contributed by atoms with van der Waals surface area (Å²) in [6, 6.07) is 22.0. The van der Waals surface area contributed by atoms with E-state index in [0.29, 0.717) is 12.5 Å². The number of ether oxygens (including phenoxy) is 2. The van der Waals surface area contributed by atoms with E-state index < -0.39 is 6.10 Å². The maximum atomic E-state index is 10.5. The Kier molecular flexibility index (Phi) is 11.2. The van der Waals surface area contributed by atoms with Crippen molar-refractivity contribution in [3.05, 3.63) is 83.4 Å². The smallest absolute Gasteiger partial charge is 0.127 e. The number of piperidine rings is 1. The maximum absolute atomic E-state index is 10.5. The van der Waals surface area contributed by atoms with Crippen molar-refractivity contribution < 1.29 is 14.6 Å². The lowest BCUT2D eigenvalue weighted by atomic mass is 9.89. The molecule has 0 amide bonds. The second-order valence-electron chi connectivity index (χ2n) is 8.93. The summed E-state index contributed by atoms with van der Waals surface area (Å²) in [6.45, 7) is 6.85. The fourth-order valence-electron chi connectivity index (χ4n) is 4.39. The van der Waals surface area contributed by atoms with Crippen molar-refractivity contribution in [2.75, 3.05) is 32.0 Å². The van der Waals surface area contributed by atoms with Gasteiger partial charge in [-0.25, -0.2) is 0 Å². The van der Waals surface area contributed by atoms with Crippen molar-refractivity contribution in [3.8, 4) is 17.2 Å². The number of benzene rings is 3. The molecule has 3 aromatic rings. The van der Waals surface area contributed by atoms with Crippen LogP contribution in [0.5, 0.6) is 17.2 Å². The highest BCUT2D eigenvalue weighted by Gasteiger charge is 2.22. The number of nitrogen functional groups attached to an aromatic ring is 1. The molecule has 1 aliphatic rings. The highest BCUT2D eigenvalue weighted by Crippen LogP contribution is 2.30. The molecule has 1 fully saturated rings. The summed E-state index contributed by atoms with van der Waals surface area (Å²) in [5, 5.41) is 10.5. The molecule has 0 unspecified atom stereocenters. The molecule has 3 aromatic carbocycles. The van der Waals surface area contributed by atoms with Crippen LogP contribution in [0.3, 0.4) is 0 Å². The third-order valence-electron chi connectivity index (χ3n) is 6.60. The number of likely N-dealkylation sites (tertiary alicyclic amines) is 1. The topological polar surface area (TPSA) is 68.0 Å². The van der Waals surface area contributed by atoms with Crippen molar-refractivity contribution >= 4 is 30.5 Å². The van der Waals surface area contributed by atoms with Gasteiger partial charge in [0.25, 0.3) is 0 Å². The van der Waals surface area contributed by atoms with E-state index in [1.165, 1.54) is 5.56 Å². The van der Waals surface area contributed by atoms with E-state index in [1.54, 1.807) is 0 Å². The van der Waals surface area contributed by atoms with Gasteiger partial charge < -0.3 is 25.2 Å². The first-order chi connectivity index (χ1) is 16.0. The third-order valence-corrected chi connectivity index (χ3v) is 6.60. The van der Waals surface area contributed by atoms with Gasteiger partial charge in [0.1, 0.15) is 30.0 Å². The molecule has 5 nitrogen and oxygen atoms in total. The Morgan fingerprint density at radius 2 is 1.51 bits per heavy atom. The number of aliphatic hydroxyl groups is 1. The molecule has 1 heterocycles. The predicted octanol–water partition coefficient (Wildman–Crippen LogP) is 6.14. The third kappa shape index (κ3) is 7.77. The summed E-state index contributed by atoms with van der Waals surface area (Å²) in [5.41, 5.74) is 10.1. The van der Waals surface area contributed by atoms with E-state index in [2.05, 4.69) is 29.2 Å². The first-order valence-corrected chi connectivity index (χ1v) is 11.7. The lowest BCUT2D eigenvalue weighted by Crippen LogP contribution is -2.40. The van der Waals surface area contributed by atoms with E-state index in [9.17, 15) is 5.11 Å². The minimum atomic E-state index is -0.520. The molecule has 1 atom stereocenters. The number of β-amino-alcohol motifs (C(OH)–C–C–N with tert-alkyl or cyclic N) is 1. The molecule has 0 aliphatic carbocycles. The van der Waals surface area contributed by atoms with Gasteiger partial charge in [0.05, 0.1) is 0 Å². The van der Waals surface area contributed by atoms with Gasteiger partial charge in [0, 0.05) is 12.2 Å².